The van der Waals surface area contributed by atoms with Crippen LogP contribution in [0.3, 0.4) is 0 Å². The molecule has 4 aromatic rings. The predicted octanol–water partition coefficient (Wildman–Crippen LogP) is 4.22. The number of hydrogen-bond donors (Lipinski definition) is 0. The Balaban J connectivity index is 1.57. The zero-order chi connectivity index (χ0) is 18.8. The molecule has 4 rings (SSSR count). The number of aromatic nitrogens is 6. The first kappa shape index (κ1) is 17.5. The van der Waals surface area contributed by atoms with Crippen LogP contribution in [0.1, 0.15) is 23.3 Å². The first-order valence-corrected chi connectivity index (χ1v) is 9.58. The van der Waals surface area contributed by atoms with E-state index in [1.165, 1.54) is 11.1 Å². The zero-order valence-corrected chi connectivity index (χ0v) is 16.3. The van der Waals surface area contributed by atoms with Crippen molar-refractivity contribution in [2.75, 3.05) is 0 Å². The van der Waals surface area contributed by atoms with Gasteiger partial charge in [-0.05, 0) is 31.5 Å². The molecule has 0 aliphatic heterocycles. The molecule has 2 heterocycles. The van der Waals surface area contributed by atoms with Gasteiger partial charge in [0.05, 0.1) is 11.9 Å². The van der Waals surface area contributed by atoms with Gasteiger partial charge in [0.2, 0.25) is 0 Å². The predicted molar refractivity (Wildman–Crippen MR) is 107 cm³/mol. The van der Waals surface area contributed by atoms with Crippen LogP contribution < -0.4 is 0 Å². The molecule has 0 amide bonds. The quantitative estimate of drug-likeness (QED) is 0.488. The smallest absolute Gasteiger partial charge is 0.191 e. The molecule has 0 radical (unpaired) electrons. The fourth-order valence-electron chi connectivity index (χ4n) is 2.75. The monoisotopic (exact) mass is 376 g/mol. The van der Waals surface area contributed by atoms with E-state index in [0.717, 1.165) is 22.1 Å². The van der Waals surface area contributed by atoms with Crippen molar-refractivity contribution < 1.29 is 0 Å². The number of hydrogen-bond acceptors (Lipinski definition) is 5. The maximum atomic E-state index is 4.64. The molecule has 0 aliphatic carbocycles. The lowest BCUT2D eigenvalue weighted by atomic mass is 10.1. The van der Waals surface area contributed by atoms with Gasteiger partial charge in [-0.1, -0.05) is 53.7 Å². The number of benzene rings is 2. The zero-order valence-electron chi connectivity index (χ0n) is 15.4. The molecular weight excluding hydrogens is 356 g/mol. The van der Waals surface area contributed by atoms with Crippen LogP contribution in [-0.4, -0.2) is 29.8 Å². The molecule has 0 N–H and O–H groups in total. The Morgan fingerprint density at radius 3 is 2.63 bits per heavy atom. The summed E-state index contributed by atoms with van der Waals surface area (Å²) in [5.74, 6) is 0. The van der Waals surface area contributed by atoms with Gasteiger partial charge in [-0.2, -0.15) is 9.90 Å². The molecule has 1 atom stereocenters. The fourth-order valence-corrected chi connectivity index (χ4v) is 3.66. The minimum absolute atomic E-state index is 0.236. The molecule has 2 aromatic heterocycles. The summed E-state index contributed by atoms with van der Waals surface area (Å²) in [5, 5.41) is 18.3. The maximum absolute atomic E-state index is 4.64. The average Bonchev–Trinajstić information content (AvgIpc) is 3.32. The Bertz CT molecular complexity index is 1050. The summed E-state index contributed by atoms with van der Waals surface area (Å²) in [6.45, 7) is 4.24. The molecule has 2 aromatic carbocycles. The Morgan fingerprint density at radius 1 is 1.07 bits per heavy atom. The molecule has 0 fully saturated rings. The highest BCUT2D eigenvalue weighted by atomic mass is 32.2. The summed E-state index contributed by atoms with van der Waals surface area (Å²) in [4.78, 5) is 1.68. The van der Waals surface area contributed by atoms with Crippen molar-refractivity contribution in [3.63, 3.8) is 0 Å². The second-order valence-corrected chi connectivity index (χ2v) is 7.77. The molecule has 0 saturated heterocycles. The van der Waals surface area contributed by atoms with Crippen LogP contribution in [0, 0.1) is 6.92 Å². The van der Waals surface area contributed by atoms with Gasteiger partial charge in [-0.15, -0.1) is 15.3 Å². The van der Waals surface area contributed by atoms with Crippen LogP contribution >= 0.6 is 11.8 Å². The van der Waals surface area contributed by atoms with Crippen molar-refractivity contribution in [1.29, 1.82) is 0 Å². The third-order valence-corrected chi connectivity index (χ3v) is 5.57. The minimum Gasteiger partial charge on any atom is -0.312 e. The standard InChI is InChI=1S/C20H20N6S/c1-14-7-9-16(10-8-14)19-12-22-26(24-19)18-6-4-5-17(11-18)15(2)27-20-23-21-13-25(20)3/h4-13,15H,1-3H3/t15-/m0/s1. The Hall–Kier alpha value is -2.93. The van der Waals surface area contributed by atoms with Crippen molar-refractivity contribution >= 4 is 11.8 Å². The third kappa shape index (κ3) is 3.78. The topological polar surface area (TPSA) is 61.4 Å². The van der Waals surface area contributed by atoms with Gasteiger partial charge in [0, 0.05) is 17.9 Å². The van der Waals surface area contributed by atoms with Gasteiger partial charge >= 0.3 is 0 Å². The summed E-state index contributed by atoms with van der Waals surface area (Å²) < 4.78 is 1.92. The summed E-state index contributed by atoms with van der Waals surface area (Å²) in [6, 6.07) is 16.6. The molecule has 0 spiro atoms. The summed E-state index contributed by atoms with van der Waals surface area (Å²) in [5.41, 5.74) is 5.29. The van der Waals surface area contributed by atoms with Crippen molar-refractivity contribution in [2.24, 2.45) is 7.05 Å². The van der Waals surface area contributed by atoms with Crippen molar-refractivity contribution in [3.8, 4) is 16.9 Å². The highest BCUT2D eigenvalue weighted by Crippen LogP contribution is 2.33. The van der Waals surface area contributed by atoms with Gasteiger partial charge < -0.3 is 4.57 Å². The van der Waals surface area contributed by atoms with Crippen LogP contribution in [0.4, 0.5) is 0 Å². The molecule has 0 unspecified atom stereocenters. The Kier molecular flexibility index (Phi) is 4.77. The normalized spacial score (nSPS) is 12.3. The Morgan fingerprint density at radius 2 is 1.89 bits per heavy atom. The van der Waals surface area contributed by atoms with Crippen molar-refractivity contribution in [3.05, 3.63) is 72.2 Å². The van der Waals surface area contributed by atoms with E-state index in [-0.39, 0.29) is 5.25 Å². The largest absolute Gasteiger partial charge is 0.312 e. The third-order valence-electron chi connectivity index (χ3n) is 4.36. The maximum Gasteiger partial charge on any atom is 0.191 e. The highest BCUT2D eigenvalue weighted by Gasteiger charge is 2.13. The van der Waals surface area contributed by atoms with Gasteiger partial charge in [-0.25, -0.2) is 0 Å². The molecule has 0 aliphatic rings. The molecule has 0 bridgehead atoms. The van der Waals surface area contributed by atoms with E-state index in [9.17, 15) is 0 Å². The van der Waals surface area contributed by atoms with Crippen LogP contribution in [0.2, 0.25) is 0 Å². The molecule has 136 valence electrons. The average molecular weight is 376 g/mol. The number of rotatable bonds is 5. The first-order valence-electron chi connectivity index (χ1n) is 8.70. The SMILES string of the molecule is Cc1ccc(-c2cnn(-c3cccc([C@H](C)Sc4nncn4C)c3)n2)cc1. The van der Waals surface area contributed by atoms with E-state index in [1.54, 1.807) is 29.1 Å². The van der Waals surface area contributed by atoms with E-state index >= 15 is 0 Å². The van der Waals surface area contributed by atoms with Crippen LogP contribution in [0.25, 0.3) is 16.9 Å². The van der Waals surface area contributed by atoms with Crippen molar-refractivity contribution in [1.82, 2.24) is 29.8 Å². The van der Waals surface area contributed by atoms with E-state index in [4.69, 9.17) is 0 Å². The van der Waals surface area contributed by atoms with E-state index in [1.807, 2.05) is 23.7 Å². The number of nitrogens with zero attached hydrogens (tertiary/aromatic N) is 6. The molecular formula is C20H20N6S. The second-order valence-electron chi connectivity index (χ2n) is 6.46. The minimum atomic E-state index is 0.236. The van der Waals surface area contributed by atoms with Crippen LogP contribution in [0.15, 0.2) is 66.2 Å². The molecule has 7 heteroatoms. The summed E-state index contributed by atoms with van der Waals surface area (Å²) in [7, 11) is 1.95. The van der Waals surface area contributed by atoms with Gasteiger partial charge in [0.1, 0.15) is 12.0 Å². The molecule has 0 saturated carbocycles. The first-order chi connectivity index (χ1) is 13.1. The summed E-state index contributed by atoms with van der Waals surface area (Å²) in [6.07, 6.45) is 3.51. The van der Waals surface area contributed by atoms with Gasteiger partial charge in [0.15, 0.2) is 5.16 Å². The lowest BCUT2D eigenvalue weighted by molar-refractivity contribution is 0.752. The van der Waals surface area contributed by atoms with E-state index in [0.29, 0.717) is 0 Å². The fraction of sp³-hybridized carbons (Fsp3) is 0.200. The Labute approximate surface area is 162 Å². The lowest BCUT2D eigenvalue weighted by Gasteiger charge is -2.12. The molecule has 6 nitrogen and oxygen atoms in total. The highest BCUT2D eigenvalue weighted by molar-refractivity contribution is 7.99. The van der Waals surface area contributed by atoms with Crippen LogP contribution in [-0.2, 0) is 7.05 Å². The van der Waals surface area contributed by atoms with Crippen molar-refractivity contribution in [2.45, 2.75) is 24.3 Å². The van der Waals surface area contributed by atoms with Gasteiger partial charge in [-0.3, -0.25) is 0 Å². The molecule has 27 heavy (non-hydrogen) atoms. The number of thioether (sulfide) groups is 1. The number of aryl methyl sites for hydroxylation is 2. The van der Waals surface area contributed by atoms with Crippen LogP contribution in [0.5, 0.6) is 0 Å². The van der Waals surface area contributed by atoms with E-state index in [2.05, 4.69) is 70.6 Å². The second kappa shape index (κ2) is 7.36. The van der Waals surface area contributed by atoms with E-state index < -0.39 is 0 Å². The van der Waals surface area contributed by atoms with Gasteiger partial charge in [0.25, 0.3) is 0 Å². The lowest BCUT2D eigenvalue weighted by Crippen LogP contribution is -2.01. The summed E-state index contributed by atoms with van der Waals surface area (Å²) >= 11 is 1.68.